The van der Waals surface area contributed by atoms with Crippen molar-refractivity contribution in [3.63, 3.8) is 0 Å². The molecule has 0 saturated carbocycles. The molecule has 34 heavy (non-hydrogen) atoms. The van der Waals surface area contributed by atoms with Crippen LogP contribution >= 0.6 is 11.6 Å². The molecule has 0 amide bonds. The second kappa shape index (κ2) is 9.05. The zero-order valence-corrected chi connectivity index (χ0v) is 19.9. The number of methoxy groups -OCH3 is 2. The first-order valence-corrected chi connectivity index (χ1v) is 11.3. The van der Waals surface area contributed by atoms with Gasteiger partial charge in [-0.2, -0.15) is 0 Å². The first-order chi connectivity index (χ1) is 16.5. The van der Waals surface area contributed by atoms with Crippen LogP contribution in [0.4, 0.5) is 0 Å². The van der Waals surface area contributed by atoms with E-state index >= 15 is 0 Å². The molecular formula is C27H24ClNO5. The van der Waals surface area contributed by atoms with Crippen molar-refractivity contribution in [3.8, 4) is 28.4 Å². The Kier molecular flexibility index (Phi) is 5.94. The third-order valence-corrected chi connectivity index (χ3v) is 6.42. The largest absolute Gasteiger partial charge is 0.493 e. The molecule has 3 aromatic carbocycles. The number of benzene rings is 3. The molecule has 0 fully saturated rings. The predicted octanol–water partition coefficient (Wildman–Crippen LogP) is 5.79. The van der Waals surface area contributed by atoms with Gasteiger partial charge in [-0.3, -0.25) is 4.90 Å². The number of nitrogens with zero attached hydrogens (tertiary/aromatic N) is 1. The lowest BCUT2D eigenvalue weighted by Gasteiger charge is -2.29. The van der Waals surface area contributed by atoms with Crippen molar-refractivity contribution in [2.24, 2.45) is 0 Å². The van der Waals surface area contributed by atoms with Crippen LogP contribution in [0.15, 0.2) is 63.8 Å². The summed E-state index contributed by atoms with van der Waals surface area (Å²) in [6.07, 6.45) is 0. The summed E-state index contributed by atoms with van der Waals surface area (Å²) < 4.78 is 22.7. The van der Waals surface area contributed by atoms with Crippen molar-refractivity contribution in [1.82, 2.24) is 4.90 Å². The molecule has 0 atom stereocenters. The number of hydrogen-bond donors (Lipinski definition) is 0. The smallest absolute Gasteiger partial charge is 0.344 e. The van der Waals surface area contributed by atoms with E-state index in [2.05, 4.69) is 4.90 Å². The molecule has 0 spiro atoms. The number of rotatable bonds is 5. The second-order valence-electron chi connectivity index (χ2n) is 8.27. The molecule has 6 nitrogen and oxygen atoms in total. The van der Waals surface area contributed by atoms with E-state index in [1.807, 2.05) is 49.4 Å². The summed E-state index contributed by atoms with van der Waals surface area (Å²) in [6, 6.07) is 17.1. The minimum atomic E-state index is -0.402. The van der Waals surface area contributed by atoms with Gasteiger partial charge >= 0.3 is 5.63 Å². The highest BCUT2D eigenvalue weighted by Crippen LogP contribution is 2.37. The SMILES string of the molecule is COc1ccc(-c2c(C)c3ccc4c(c3oc2=O)CN(Cc2ccc(Cl)cc2)CO4)cc1OC. The summed E-state index contributed by atoms with van der Waals surface area (Å²) in [7, 11) is 3.15. The Labute approximate surface area is 202 Å². The second-order valence-corrected chi connectivity index (χ2v) is 8.70. The van der Waals surface area contributed by atoms with Crippen LogP contribution in [0.3, 0.4) is 0 Å². The highest BCUT2D eigenvalue weighted by Gasteiger charge is 2.24. The van der Waals surface area contributed by atoms with Crippen LogP contribution in [-0.2, 0) is 13.1 Å². The number of aryl methyl sites for hydroxylation is 1. The quantitative estimate of drug-likeness (QED) is 0.339. The van der Waals surface area contributed by atoms with Crippen molar-refractivity contribution >= 4 is 22.6 Å². The number of halogens is 1. The van der Waals surface area contributed by atoms with Crippen LogP contribution in [-0.4, -0.2) is 25.9 Å². The molecule has 1 aromatic heterocycles. The summed E-state index contributed by atoms with van der Waals surface area (Å²) in [5.74, 6) is 1.89. The summed E-state index contributed by atoms with van der Waals surface area (Å²) >= 11 is 6.01. The third kappa shape index (κ3) is 4.00. The molecule has 4 aromatic rings. The van der Waals surface area contributed by atoms with Gasteiger partial charge in [0.15, 0.2) is 11.5 Å². The van der Waals surface area contributed by atoms with E-state index in [4.69, 9.17) is 30.2 Å². The van der Waals surface area contributed by atoms with Crippen LogP contribution in [0.2, 0.25) is 5.02 Å². The molecule has 174 valence electrons. The minimum Gasteiger partial charge on any atom is -0.493 e. The van der Waals surface area contributed by atoms with Crippen LogP contribution < -0.4 is 19.8 Å². The van der Waals surface area contributed by atoms with Crippen molar-refractivity contribution in [2.45, 2.75) is 20.0 Å². The Morgan fingerprint density at radius 2 is 1.76 bits per heavy atom. The summed E-state index contributed by atoms with van der Waals surface area (Å²) in [4.78, 5) is 15.3. The van der Waals surface area contributed by atoms with E-state index < -0.39 is 5.63 Å². The van der Waals surface area contributed by atoms with Gasteiger partial charge in [0.1, 0.15) is 18.1 Å². The molecule has 0 unspecified atom stereocenters. The lowest BCUT2D eigenvalue weighted by atomic mass is 9.97. The average molecular weight is 478 g/mol. The molecule has 2 heterocycles. The maximum Gasteiger partial charge on any atom is 0.344 e. The van der Waals surface area contributed by atoms with E-state index in [-0.39, 0.29) is 0 Å². The van der Waals surface area contributed by atoms with E-state index in [0.29, 0.717) is 53.1 Å². The number of ether oxygens (including phenoxy) is 3. The van der Waals surface area contributed by atoms with Gasteiger partial charge < -0.3 is 18.6 Å². The van der Waals surface area contributed by atoms with E-state index in [1.165, 1.54) is 0 Å². The van der Waals surface area contributed by atoms with Crippen LogP contribution in [0.5, 0.6) is 17.2 Å². The molecule has 1 aliphatic heterocycles. The summed E-state index contributed by atoms with van der Waals surface area (Å²) in [5, 5.41) is 1.58. The molecule has 0 bridgehead atoms. The van der Waals surface area contributed by atoms with Gasteiger partial charge in [0.25, 0.3) is 0 Å². The maximum absolute atomic E-state index is 13.2. The van der Waals surface area contributed by atoms with Crippen molar-refractivity contribution in [2.75, 3.05) is 21.0 Å². The van der Waals surface area contributed by atoms with Gasteiger partial charge in [-0.1, -0.05) is 29.8 Å². The van der Waals surface area contributed by atoms with Gasteiger partial charge in [-0.25, -0.2) is 4.79 Å². The third-order valence-electron chi connectivity index (χ3n) is 6.17. The van der Waals surface area contributed by atoms with Crippen molar-refractivity contribution in [3.05, 3.63) is 86.7 Å². The molecule has 0 N–H and O–H groups in total. The fourth-order valence-corrected chi connectivity index (χ4v) is 4.57. The van der Waals surface area contributed by atoms with Crippen molar-refractivity contribution < 1.29 is 18.6 Å². The molecule has 0 saturated heterocycles. The zero-order valence-electron chi connectivity index (χ0n) is 19.2. The fraction of sp³-hybridized carbons (Fsp3) is 0.222. The van der Waals surface area contributed by atoms with Gasteiger partial charge in [-0.15, -0.1) is 0 Å². The Hall–Kier alpha value is -3.48. The standard InChI is InChI=1S/C27H24ClNO5/c1-16-20-9-11-22-21(14-29(15-33-22)13-17-4-7-19(28)8-5-17)26(20)34-27(30)25(16)18-6-10-23(31-2)24(12-18)32-3/h4-12H,13-15H2,1-3H3. The maximum atomic E-state index is 13.2. The highest BCUT2D eigenvalue weighted by atomic mass is 35.5. The summed E-state index contributed by atoms with van der Waals surface area (Å²) in [5.41, 5.74) is 4.22. The normalized spacial score (nSPS) is 13.4. The molecule has 1 aliphatic rings. The first-order valence-electron chi connectivity index (χ1n) is 10.9. The first kappa shape index (κ1) is 22.3. The van der Waals surface area contributed by atoms with Gasteiger partial charge in [0.05, 0.1) is 25.3 Å². The van der Waals surface area contributed by atoms with Gasteiger partial charge in [-0.05, 0) is 60.0 Å². The topological polar surface area (TPSA) is 61.1 Å². The van der Waals surface area contributed by atoms with Gasteiger partial charge in [0.2, 0.25) is 0 Å². The van der Waals surface area contributed by atoms with Crippen LogP contribution in [0.1, 0.15) is 16.7 Å². The molecule has 0 aliphatic carbocycles. The monoisotopic (exact) mass is 477 g/mol. The number of hydrogen-bond acceptors (Lipinski definition) is 6. The zero-order chi connectivity index (χ0) is 23.8. The fourth-order valence-electron chi connectivity index (χ4n) is 4.44. The lowest BCUT2D eigenvalue weighted by Crippen LogP contribution is -2.31. The minimum absolute atomic E-state index is 0.402. The molecule has 5 rings (SSSR count). The predicted molar refractivity (Wildman–Crippen MR) is 132 cm³/mol. The highest BCUT2D eigenvalue weighted by molar-refractivity contribution is 6.30. The van der Waals surface area contributed by atoms with E-state index in [1.54, 1.807) is 26.4 Å². The van der Waals surface area contributed by atoms with Crippen molar-refractivity contribution in [1.29, 1.82) is 0 Å². The average Bonchev–Trinajstić information content (AvgIpc) is 2.85. The number of fused-ring (bicyclic) bond motifs is 3. The van der Waals surface area contributed by atoms with E-state index in [0.717, 1.165) is 27.8 Å². The van der Waals surface area contributed by atoms with Crippen LogP contribution in [0.25, 0.3) is 22.1 Å². The Bertz CT molecular complexity index is 1430. The summed E-state index contributed by atoms with van der Waals surface area (Å²) in [6.45, 7) is 3.69. The van der Waals surface area contributed by atoms with Gasteiger partial charge in [0, 0.05) is 23.5 Å². The van der Waals surface area contributed by atoms with E-state index in [9.17, 15) is 4.79 Å². The molecule has 7 heteroatoms. The Morgan fingerprint density at radius 1 is 1.00 bits per heavy atom. The lowest BCUT2D eigenvalue weighted by molar-refractivity contribution is 0.0890. The Morgan fingerprint density at radius 3 is 2.50 bits per heavy atom. The molecular weight excluding hydrogens is 454 g/mol. The molecule has 0 radical (unpaired) electrons. The Balaban J connectivity index is 1.55. The van der Waals surface area contributed by atoms with Crippen LogP contribution in [0, 0.1) is 6.92 Å².